The Morgan fingerprint density at radius 3 is 2.38 bits per heavy atom. The van der Waals surface area contributed by atoms with Crippen molar-refractivity contribution < 1.29 is 14.3 Å². The van der Waals surface area contributed by atoms with E-state index in [1.54, 1.807) is 26.4 Å². The minimum Gasteiger partial charge on any atom is -0.493 e. The van der Waals surface area contributed by atoms with E-state index in [1.807, 2.05) is 48.5 Å². The van der Waals surface area contributed by atoms with Crippen LogP contribution in [0.2, 0.25) is 0 Å². The van der Waals surface area contributed by atoms with Crippen molar-refractivity contribution in [2.45, 2.75) is 13.0 Å². The first-order chi connectivity index (χ1) is 14.2. The number of aromatic nitrogens is 2. The minimum atomic E-state index is -0.252. The highest BCUT2D eigenvalue weighted by molar-refractivity contribution is 5.92. The predicted molar refractivity (Wildman–Crippen MR) is 111 cm³/mol. The lowest BCUT2D eigenvalue weighted by atomic mass is 10.1. The topological polar surface area (TPSA) is 85.4 Å². The molecular weight excluding hydrogens is 368 g/mol. The molecule has 0 unspecified atom stereocenters. The lowest BCUT2D eigenvalue weighted by molar-refractivity contribution is 0.0945. The number of methoxy groups -OCH3 is 2. The van der Waals surface area contributed by atoms with Gasteiger partial charge in [-0.15, -0.1) is 10.2 Å². The van der Waals surface area contributed by atoms with Crippen LogP contribution >= 0.6 is 0 Å². The molecule has 3 rings (SSSR count). The molecule has 1 aromatic heterocycles. The van der Waals surface area contributed by atoms with Gasteiger partial charge in [-0.2, -0.15) is 0 Å². The van der Waals surface area contributed by atoms with Crippen molar-refractivity contribution in [3.8, 4) is 11.5 Å². The van der Waals surface area contributed by atoms with Gasteiger partial charge in [-0.3, -0.25) is 4.79 Å². The number of carbonyl (C=O) groups is 1. The highest BCUT2D eigenvalue weighted by atomic mass is 16.5. The number of ether oxygens (including phenoxy) is 2. The second-order valence-electron chi connectivity index (χ2n) is 6.34. The summed E-state index contributed by atoms with van der Waals surface area (Å²) in [6.45, 7) is 1.12. The van der Waals surface area contributed by atoms with E-state index in [0.717, 1.165) is 17.5 Å². The summed E-state index contributed by atoms with van der Waals surface area (Å²) in [5, 5.41) is 14.1. The number of nitrogens with one attached hydrogen (secondary N) is 2. The van der Waals surface area contributed by atoms with Gasteiger partial charge in [0, 0.05) is 13.1 Å². The fraction of sp³-hybridized carbons (Fsp3) is 0.227. The predicted octanol–water partition coefficient (Wildman–Crippen LogP) is 3.08. The van der Waals surface area contributed by atoms with Crippen LogP contribution in [0.4, 0.5) is 5.82 Å². The highest BCUT2D eigenvalue weighted by Crippen LogP contribution is 2.27. The van der Waals surface area contributed by atoms with Crippen LogP contribution in [0, 0.1) is 0 Å². The van der Waals surface area contributed by atoms with Crippen molar-refractivity contribution in [1.82, 2.24) is 15.5 Å². The lowest BCUT2D eigenvalue weighted by Gasteiger charge is -2.10. The second-order valence-corrected chi connectivity index (χ2v) is 6.34. The Bertz CT molecular complexity index is 931. The molecule has 0 bridgehead atoms. The Balaban J connectivity index is 1.48. The molecule has 7 nitrogen and oxygen atoms in total. The van der Waals surface area contributed by atoms with Gasteiger partial charge in [-0.25, -0.2) is 0 Å². The van der Waals surface area contributed by atoms with Crippen LogP contribution in [-0.2, 0) is 13.0 Å². The molecule has 0 atom stereocenters. The summed E-state index contributed by atoms with van der Waals surface area (Å²) in [5.41, 5.74) is 2.42. The summed E-state index contributed by atoms with van der Waals surface area (Å²) in [6, 6.07) is 19.0. The van der Waals surface area contributed by atoms with Crippen molar-refractivity contribution in [3.05, 3.63) is 77.5 Å². The number of hydrogen-bond donors (Lipinski definition) is 2. The minimum absolute atomic E-state index is 0.252. The Morgan fingerprint density at radius 1 is 0.897 bits per heavy atom. The van der Waals surface area contributed by atoms with Gasteiger partial charge < -0.3 is 20.1 Å². The molecule has 0 fully saturated rings. The molecule has 29 heavy (non-hydrogen) atoms. The molecule has 0 spiro atoms. The van der Waals surface area contributed by atoms with E-state index >= 15 is 0 Å². The molecule has 1 amide bonds. The maximum Gasteiger partial charge on any atom is 0.272 e. The van der Waals surface area contributed by atoms with Crippen LogP contribution in [0.15, 0.2) is 60.7 Å². The van der Waals surface area contributed by atoms with Crippen LogP contribution in [0.25, 0.3) is 0 Å². The third-order valence-corrected chi connectivity index (χ3v) is 4.36. The van der Waals surface area contributed by atoms with Gasteiger partial charge in [0.1, 0.15) is 5.82 Å². The molecule has 0 saturated heterocycles. The van der Waals surface area contributed by atoms with E-state index in [2.05, 4.69) is 20.8 Å². The molecule has 1 heterocycles. The van der Waals surface area contributed by atoms with Crippen molar-refractivity contribution in [1.29, 1.82) is 0 Å². The Morgan fingerprint density at radius 2 is 1.69 bits per heavy atom. The zero-order valence-corrected chi connectivity index (χ0v) is 16.5. The average Bonchev–Trinajstić information content (AvgIpc) is 2.78. The maximum absolute atomic E-state index is 12.2. The van der Waals surface area contributed by atoms with Gasteiger partial charge in [-0.05, 0) is 41.8 Å². The quantitative estimate of drug-likeness (QED) is 0.582. The Kier molecular flexibility index (Phi) is 7.00. The zero-order valence-electron chi connectivity index (χ0n) is 16.5. The lowest BCUT2D eigenvalue weighted by Crippen LogP contribution is -2.24. The number of amides is 1. The number of carbonyl (C=O) groups excluding carboxylic acids is 1. The fourth-order valence-corrected chi connectivity index (χ4v) is 2.79. The first-order valence-corrected chi connectivity index (χ1v) is 9.30. The van der Waals surface area contributed by atoms with Crippen LogP contribution < -0.4 is 20.1 Å². The number of rotatable bonds is 9. The Hall–Kier alpha value is -3.61. The van der Waals surface area contributed by atoms with Gasteiger partial charge in [-0.1, -0.05) is 36.4 Å². The molecule has 3 aromatic rings. The van der Waals surface area contributed by atoms with E-state index in [-0.39, 0.29) is 11.6 Å². The average molecular weight is 392 g/mol. The van der Waals surface area contributed by atoms with E-state index in [1.165, 1.54) is 0 Å². The number of anilines is 1. The summed E-state index contributed by atoms with van der Waals surface area (Å²) in [7, 11) is 3.23. The molecule has 150 valence electrons. The third-order valence-electron chi connectivity index (χ3n) is 4.36. The normalized spacial score (nSPS) is 10.3. The molecule has 2 aromatic carbocycles. The molecule has 2 N–H and O–H groups in total. The molecular formula is C22H24N4O3. The van der Waals surface area contributed by atoms with Crippen molar-refractivity contribution in [3.63, 3.8) is 0 Å². The smallest absolute Gasteiger partial charge is 0.272 e. The summed E-state index contributed by atoms with van der Waals surface area (Å²) < 4.78 is 10.6. The standard InChI is InChI=1S/C22H24N4O3/c1-28-19-10-8-16(14-20(19)29-2)12-13-23-21-11-9-18(25-26-21)22(27)24-15-17-6-4-3-5-7-17/h3-11,14H,12-13,15H2,1-2H3,(H,23,26)(H,24,27). The van der Waals surface area contributed by atoms with E-state index in [0.29, 0.717) is 30.4 Å². The summed E-state index contributed by atoms with van der Waals surface area (Å²) in [5.74, 6) is 1.77. The first kappa shape index (κ1) is 20.1. The van der Waals surface area contributed by atoms with E-state index < -0.39 is 0 Å². The van der Waals surface area contributed by atoms with Gasteiger partial charge in [0.2, 0.25) is 0 Å². The number of benzene rings is 2. The number of nitrogens with zero attached hydrogens (tertiary/aromatic N) is 2. The Labute approximate surface area is 170 Å². The molecule has 0 aliphatic carbocycles. The van der Waals surface area contributed by atoms with Crippen LogP contribution in [0.3, 0.4) is 0 Å². The first-order valence-electron chi connectivity index (χ1n) is 9.30. The summed E-state index contributed by atoms with van der Waals surface area (Å²) >= 11 is 0. The highest BCUT2D eigenvalue weighted by Gasteiger charge is 2.08. The van der Waals surface area contributed by atoms with Crippen molar-refractivity contribution >= 4 is 11.7 Å². The van der Waals surface area contributed by atoms with E-state index in [4.69, 9.17) is 9.47 Å². The molecule has 0 radical (unpaired) electrons. The molecule has 0 aliphatic heterocycles. The van der Waals surface area contributed by atoms with Crippen LogP contribution in [0.5, 0.6) is 11.5 Å². The van der Waals surface area contributed by atoms with Crippen LogP contribution in [-0.4, -0.2) is 36.9 Å². The van der Waals surface area contributed by atoms with Crippen molar-refractivity contribution in [2.24, 2.45) is 0 Å². The SMILES string of the molecule is COc1ccc(CCNc2ccc(C(=O)NCc3ccccc3)nn2)cc1OC. The zero-order chi connectivity index (χ0) is 20.5. The maximum atomic E-state index is 12.2. The fourth-order valence-electron chi connectivity index (χ4n) is 2.79. The summed E-state index contributed by atoms with van der Waals surface area (Å²) in [6.07, 6.45) is 0.779. The number of hydrogen-bond acceptors (Lipinski definition) is 6. The van der Waals surface area contributed by atoms with Crippen LogP contribution in [0.1, 0.15) is 21.6 Å². The third kappa shape index (κ3) is 5.68. The van der Waals surface area contributed by atoms with Gasteiger partial charge in [0.05, 0.1) is 14.2 Å². The van der Waals surface area contributed by atoms with E-state index in [9.17, 15) is 4.79 Å². The molecule has 0 aliphatic rings. The monoisotopic (exact) mass is 392 g/mol. The van der Waals surface area contributed by atoms with Gasteiger partial charge in [0.25, 0.3) is 5.91 Å². The molecule has 0 saturated carbocycles. The second kappa shape index (κ2) is 10.1. The van der Waals surface area contributed by atoms with Gasteiger partial charge >= 0.3 is 0 Å². The summed E-state index contributed by atoms with van der Waals surface area (Å²) in [4.78, 5) is 12.2. The largest absolute Gasteiger partial charge is 0.493 e. The molecule has 7 heteroatoms. The van der Waals surface area contributed by atoms with Crippen molar-refractivity contribution in [2.75, 3.05) is 26.1 Å². The van der Waals surface area contributed by atoms with Gasteiger partial charge in [0.15, 0.2) is 17.2 Å².